The number of rotatable bonds is 5. The van der Waals surface area contributed by atoms with Crippen LogP contribution in [0.2, 0.25) is 5.02 Å². The standard InChI is InChI=1S/C19H19ClN4O3S/c20-16-6-8-17(9-7-16)28(25,26)24-12-10-23(11-13-24)14-18-21-19(22-27-18)15-4-2-1-3-5-15/h1-9H,10-14H2/p+1. The van der Waals surface area contributed by atoms with Crippen molar-refractivity contribution in [3.63, 3.8) is 0 Å². The van der Waals surface area contributed by atoms with E-state index >= 15 is 0 Å². The first-order chi connectivity index (χ1) is 13.5. The van der Waals surface area contributed by atoms with Gasteiger partial charge in [0.15, 0.2) is 6.54 Å². The van der Waals surface area contributed by atoms with Crippen LogP contribution in [0.1, 0.15) is 5.89 Å². The van der Waals surface area contributed by atoms with Crippen molar-refractivity contribution in [2.75, 3.05) is 26.2 Å². The van der Waals surface area contributed by atoms with Crippen LogP contribution in [0.4, 0.5) is 0 Å². The minimum Gasteiger partial charge on any atom is -0.333 e. The van der Waals surface area contributed by atoms with Gasteiger partial charge in [-0.05, 0) is 24.3 Å². The third-order valence-electron chi connectivity index (χ3n) is 4.78. The molecule has 1 saturated heterocycles. The zero-order valence-corrected chi connectivity index (χ0v) is 16.7. The first kappa shape index (κ1) is 19.1. The predicted molar refractivity (Wildman–Crippen MR) is 104 cm³/mol. The van der Waals surface area contributed by atoms with Gasteiger partial charge < -0.3 is 9.42 Å². The lowest BCUT2D eigenvalue weighted by Gasteiger charge is -2.30. The second-order valence-corrected chi connectivity index (χ2v) is 9.04. The Morgan fingerprint density at radius 3 is 2.39 bits per heavy atom. The van der Waals surface area contributed by atoms with E-state index in [9.17, 15) is 8.42 Å². The molecule has 0 spiro atoms. The number of nitrogens with one attached hydrogen (secondary N) is 1. The summed E-state index contributed by atoms with van der Waals surface area (Å²) in [7, 11) is -3.50. The van der Waals surface area contributed by atoms with Gasteiger partial charge in [0.2, 0.25) is 15.8 Å². The van der Waals surface area contributed by atoms with E-state index in [-0.39, 0.29) is 4.90 Å². The molecule has 0 atom stereocenters. The monoisotopic (exact) mass is 419 g/mol. The highest BCUT2D eigenvalue weighted by Crippen LogP contribution is 2.18. The summed E-state index contributed by atoms with van der Waals surface area (Å²) in [4.78, 5) is 5.94. The fourth-order valence-electron chi connectivity index (χ4n) is 3.22. The Kier molecular flexibility index (Phi) is 5.45. The number of aromatic nitrogens is 2. The maximum absolute atomic E-state index is 12.8. The van der Waals surface area contributed by atoms with E-state index in [0.717, 1.165) is 5.56 Å². The molecule has 1 fully saturated rings. The Morgan fingerprint density at radius 1 is 1.04 bits per heavy atom. The van der Waals surface area contributed by atoms with Gasteiger partial charge in [-0.3, -0.25) is 0 Å². The maximum atomic E-state index is 12.8. The summed E-state index contributed by atoms with van der Waals surface area (Å²) < 4.78 is 32.4. The molecule has 1 N–H and O–H groups in total. The van der Waals surface area contributed by atoms with E-state index in [1.807, 2.05) is 30.3 Å². The molecule has 2 heterocycles. The van der Waals surface area contributed by atoms with E-state index in [4.69, 9.17) is 16.1 Å². The number of sulfonamides is 1. The summed E-state index contributed by atoms with van der Waals surface area (Å²) in [5, 5.41) is 4.55. The summed E-state index contributed by atoms with van der Waals surface area (Å²) in [6.45, 7) is 2.82. The van der Waals surface area contributed by atoms with Crippen molar-refractivity contribution in [3.8, 4) is 11.4 Å². The van der Waals surface area contributed by atoms with Gasteiger partial charge in [0, 0.05) is 10.6 Å². The Morgan fingerprint density at radius 2 is 1.71 bits per heavy atom. The fourth-order valence-corrected chi connectivity index (χ4v) is 4.79. The molecule has 2 aromatic carbocycles. The molecule has 1 aliphatic rings. The SMILES string of the molecule is O=S(=O)(c1ccc(Cl)cc1)N1CC[NH+](Cc2nc(-c3ccccc3)no2)CC1. The Labute approximate surface area is 168 Å². The molecule has 3 aromatic rings. The van der Waals surface area contributed by atoms with Crippen molar-refractivity contribution in [3.05, 3.63) is 65.5 Å². The number of quaternary nitrogens is 1. The van der Waals surface area contributed by atoms with Crippen LogP contribution in [0.15, 0.2) is 64.0 Å². The van der Waals surface area contributed by atoms with Gasteiger partial charge in [0.1, 0.15) is 0 Å². The van der Waals surface area contributed by atoms with Gasteiger partial charge in [-0.2, -0.15) is 9.29 Å². The number of halogens is 1. The highest BCUT2D eigenvalue weighted by Gasteiger charge is 2.31. The zero-order valence-electron chi connectivity index (χ0n) is 15.1. The van der Waals surface area contributed by atoms with Crippen LogP contribution < -0.4 is 4.90 Å². The average Bonchev–Trinajstić information content (AvgIpc) is 3.18. The summed E-state index contributed by atoms with van der Waals surface area (Å²) in [5.41, 5.74) is 0.909. The molecule has 0 bridgehead atoms. The molecule has 7 nitrogen and oxygen atoms in total. The van der Waals surface area contributed by atoms with E-state index in [2.05, 4.69) is 10.1 Å². The minimum atomic E-state index is -3.50. The average molecular weight is 420 g/mol. The topological polar surface area (TPSA) is 80.7 Å². The molecule has 0 unspecified atom stereocenters. The van der Waals surface area contributed by atoms with Crippen molar-refractivity contribution in [2.24, 2.45) is 0 Å². The molecule has 9 heteroatoms. The molecule has 0 radical (unpaired) electrons. The van der Waals surface area contributed by atoms with Crippen LogP contribution in [-0.2, 0) is 16.6 Å². The fraction of sp³-hybridized carbons (Fsp3) is 0.263. The van der Waals surface area contributed by atoms with Crippen molar-refractivity contribution in [2.45, 2.75) is 11.4 Å². The molecule has 0 amide bonds. The predicted octanol–water partition coefficient (Wildman–Crippen LogP) is 1.48. The quantitative estimate of drug-likeness (QED) is 0.677. The molecule has 0 saturated carbocycles. The van der Waals surface area contributed by atoms with Crippen LogP contribution in [0.25, 0.3) is 11.4 Å². The molecule has 0 aliphatic carbocycles. The zero-order chi connectivity index (χ0) is 19.6. The first-order valence-corrected chi connectivity index (χ1v) is 10.8. The van der Waals surface area contributed by atoms with Crippen LogP contribution >= 0.6 is 11.6 Å². The van der Waals surface area contributed by atoms with Gasteiger partial charge in [-0.1, -0.05) is 47.1 Å². The van der Waals surface area contributed by atoms with E-state index in [1.54, 1.807) is 24.3 Å². The summed E-state index contributed by atoms with van der Waals surface area (Å²) in [5.74, 6) is 1.13. The lowest BCUT2D eigenvalue weighted by atomic mass is 10.2. The number of hydrogen-bond acceptors (Lipinski definition) is 5. The highest BCUT2D eigenvalue weighted by molar-refractivity contribution is 7.89. The normalized spacial score (nSPS) is 16.3. The lowest BCUT2D eigenvalue weighted by molar-refractivity contribution is -0.918. The van der Waals surface area contributed by atoms with Gasteiger partial charge in [0.25, 0.3) is 5.89 Å². The molecule has 4 rings (SSSR count). The van der Waals surface area contributed by atoms with Gasteiger partial charge >= 0.3 is 0 Å². The number of nitrogens with zero attached hydrogens (tertiary/aromatic N) is 3. The first-order valence-electron chi connectivity index (χ1n) is 9.00. The molecular weight excluding hydrogens is 400 g/mol. The summed E-state index contributed by atoms with van der Waals surface area (Å²) in [6, 6.07) is 15.9. The van der Waals surface area contributed by atoms with E-state index < -0.39 is 10.0 Å². The Hall–Kier alpha value is -2.26. The van der Waals surface area contributed by atoms with Gasteiger partial charge in [-0.15, -0.1) is 0 Å². The third kappa shape index (κ3) is 4.10. The number of benzene rings is 2. The summed E-state index contributed by atoms with van der Waals surface area (Å²) >= 11 is 5.85. The van der Waals surface area contributed by atoms with Crippen LogP contribution in [0.5, 0.6) is 0 Å². The maximum Gasteiger partial charge on any atom is 0.282 e. The molecule has 28 heavy (non-hydrogen) atoms. The van der Waals surface area contributed by atoms with Crippen LogP contribution in [0.3, 0.4) is 0 Å². The second kappa shape index (κ2) is 8.00. The van der Waals surface area contributed by atoms with E-state index in [1.165, 1.54) is 9.21 Å². The van der Waals surface area contributed by atoms with Crippen molar-refractivity contribution in [1.82, 2.24) is 14.4 Å². The summed E-state index contributed by atoms with van der Waals surface area (Å²) in [6.07, 6.45) is 0. The Bertz CT molecular complexity index is 1030. The van der Waals surface area contributed by atoms with Crippen molar-refractivity contribution in [1.29, 1.82) is 0 Å². The second-order valence-electron chi connectivity index (χ2n) is 6.66. The lowest BCUT2D eigenvalue weighted by Crippen LogP contribution is -3.13. The molecule has 1 aliphatic heterocycles. The van der Waals surface area contributed by atoms with Gasteiger partial charge in [0.05, 0.1) is 31.1 Å². The Balaban J connectivity index is 1.37. The third-order valence-corrected chi connectivity index (χ3v) is 6.95. The number of piperazine rings is 1. The van der Waals surface area contributed by atoms with Crippen LogP contribution in [0, 0.1) is 0 Å². The van der Waals surface area contributed by atoms with Crippen molar-refractivity contribution < 1.29 is 17.8 Å². The molecular formula is C19H20ClN4O3S+. The van der Waals surface area contributed by atoms with E-state index in [0.29, 0.717) is 49.5 Å². The van der Waals surface area contributed by atoms with Crippen molar-refractivity contribution >= 4 is 21.6 Å². The largest absolute Gasteiger partial charge is 0.333 e. The van der Waals surface area contributed by atoms with Gasteiger partial charge in [-0.25, -0.2) is 8.42 Å². The minimum absolute atomic E-state index is 0.268. The van der Waals surface area contributed by atoms with Crippen LogP contribution in [-0.4, -0.2) is 49.0 Å². The smallest absolute Gasteiger partial charge is 0.282 e. The molecule has 146 valence electrons. The number of hydrogen-bond donors (Lipinski definition) is 1. The molecule has 1 aromatic heterocycles. The highest BCUT2D eigenvalue weighted by atomic mass is 35.5.